The Morgan fingerprint density at radius 3 is 2.56 bits per heavy atom. The van der Waals surface area contributed by atoms with Crippen molar-refractivity contribution in [3.8, 4) is 0 Å². The molecule has 18 heavy (non-hydrogen) atoms. The zero-order chi connectivity index (χ0) is 13.2. The summed E-state index contributed by atoms with van der Waals surface area (Å²) in [6.07, 6.45) is -1.73. The zero-order valence-electron chi connectivity index (χ0n) is 8.98. The normalized spacial score (nSPS) is 13.6. The number of rotatable bonds is 3. The summed E-state index contributed by atoms with van der Waals surface area (Å²) in [7, 11) is 0. The van der Waals surface area contributed by atoms with Crippen LogP contribution in [0.25, 0.3) is 0 Å². The van der Waals surface area contributed by atoms with E-state index in [1.165, 1.54) is 0 Å². The predicted octanol–water partition coefficient (Wildman–Crippen LogP) is 2.11. The van der Waals surface area contributed by atoms with Gasteiger partial charge in [0.15, 0.2) is 5.01 Å². The summed E-state index contributed by atoms with van der Waals surface area (Å²) >= 11 is 0.549. The topological polar surface area (TPSA) is 63.8 Å². The van der Waals surface area contributed by atoms with E-state index in [1.54, 1.807) is 24.4 Å². The van der Waals surface area contributed by atoms with E-state index in [2.05, 4.69) is 15.4 Å². The highest BCUT2D eigenvalue weighted by Crippen LogP contribution is 2.35. The number of hydrogen-bond acceptors (Lipinski definition) is 5. The fourth-order valence-electron chi connectivity index (χ4n) is 1.41. The summed E-state index contributed by atoms with van der Waals surface area (Å²) in [5, 5.41) is -0.895. The van der Waals surface area contributed by atoms with Crippen molar-refractivity contribution in [2.24, 2.45) is 5.84 Å². The Morgan fingerprint density at radius 1 is 1.28 bits per heavy atom. The van der Waals surface area contributed by atoms with E-state index in [0.29, 0.717) is 21.9 Å². The van der Waals surface area contributed by atoms with Crippen molar-refractivity contribution in [2.75, 3.05) is 0 Å². The standard InChI is InChI=1S/C10H9F3N4S/c11-10(12,13)9-16-5-7(18-9)8(17-14)6-3-1-2-4-15-6/h1-5,8,17H,14H2. The third kappa shape index (κ3) is 2.66. The summed E-state index contributed by atoms with van der Waals surface area (Å²) in [4.78, 5) is 7.77. The average Bonchev–Trinajstić information content (AvgIpc) is 2.81. The number of thiazole rings is 1. The van der Waals surface area contributed by atoms with Crippen LogP contribution in [0.3, 0.4) is 0 Å². The van der Waals surface area contributed by atoms with Crippen molar-refractivity contribution in [3.63, 3.8) is 0 Å². The number of nitrogens with zero attached hydrogens (tertiary/aromatic N) is 2. The number of nitrogens with one attached hydrogen (secondary N) is 1. The summed E-state index contributed by atoms with van der Waals surface area (Å²) < 4.78 is 37.4. The Kier molecular flexibility index (Phi) is 3.60. The lowest BCUT2D eigenvalue weighted by Crippen LogP contribution is -2.28. The van der Waals surface area contributed by atoms with Gasteiger partial charge in [-0.3, -0.25) is 10.8 Å². The lowest BCUT2D eigenvalue weighted by Gasteiger charge is -2.12. The third-order valence-electron chi connectivity index (χ3n) is 2.20. The minimum Gasteiger partial charge on any atom is -0.270 e. The number of halogens is 3. The third-order valence-corrected chi connectivity index (χ3v) is 3.31. The SMILES string of the molecule is NNC(c1ccccn1)c1cnc(C(F)(F)F)s1. The van der Waals surface area contributed by atoms with Crippen LogP contribution in [0.2, 0.25) is 0 Å². The molecule has 8 heteroatoms. The van der Waals surface area contributed by atoms with Gasteiger partial charge >= 0.3 is 6.18 Å². The first-order chi connectivity index (χ1) is 8.52. The van der Waals surface area contributed by atoms with Gasteiger partial charge < -0.3 is 0 Å². The van der Waals surface area contributed by atoms with E-state index >= 15 is 0 Å². The minimum atomic E-state index is -4.44. The molecule has 2 aromatic rings. The molecule has 0 amide bonds. The Morgan fingerprint density at radius 2 is 2.06 bits per heavy atom. The van der Waals surface area contributed by atoms with Crippen molar-refractivity contribution < 1.29 is 13.2 Å². The van der Waals surface area contributed by atoms with Gasteiger partial charge in [0.1, 0.15) is 0 Å². The molecule has 2 heterocycles. The van der Waals surface area contributed by atoms with Gasteiger partial charge in [-0.05, 0) is 12.1 Å². The average molecular weight is 274 g/mol. The van der Waals surface area contributed by atoms with E-state index in [9.17, 15) is 13.2 Å². The first kappa shape index (κ1) is 12.9. The van der Waals surface area contributed by atoms with Crippen molar-refractivity contribution in [1.82, 2.24) is 15.4 Å². The van der Waals surface area contributed by atoms with Crippen molar-refractivity contribution in [1.29, 1.82) is 0 Å². The van der Waals surface area contributed by atoms with Gasteiger partial charge in [0, 0.05) is 17.3 Å². The van der Waals surface area contributed by atoms with Gasteiger partial charge in [0.25, 0.3) is 0 Å². The molecule has 4 nitrogen and oxygen atoms in total. The van der Waals surface area contributed by atoms with Gasteiger partial charge in [0.05, 0.1) is 11.7 Å². The van der Waals surface area contributed by atoms with Crippen LogP contribution in [0, 0.1) is 0 Å². The zero-order valence-corrected chi connectivity index (χ0v) is 9.79. The van der Waals surface area contributed by atoms with Crippen LogP contribution in [-0.2, 0) is 6.18 Å². The van der Waals surface area contributed by atoms with Crippen LogP contribution in [0.15, 0.2) is 30.6 Å². The van der Waals surface area contributed by atoms with Crippen LogP contribution in [0.5, 0.6) is 0 Å². The van der Waals surface area contributed by atoms with Gasteiger partial charge in [-0.25, -0.2) is 10.4 Å². The van der Waals surface area contributed by atoms with E-state index in [4.69, 9.17) is 5.84 Å². The monoisotopic (exact) mass is 274 g/mol. The predicted molar refractivity (Wildman–Crippen MR) is 60.5 cm³/mol. The Labute approximate surface area is 105 Å². The number of aromatic nitrogens is 2. The Balaban J connectivity index is 2.32. The van der Waals surface area contributed by atoms with Gasteiger partial charge in [0.2, 0.25) is 0 Å². The molecule has 0 aromatic carbocycles. The maximum atomic E-state index is 12.5. The lowest BCUT2D eigenvalue weighted by atomic mass is 10.2. The molecule has 0 spiro atoms. The highest BCUT2D eigenvalue weighted by atomic mass is 32.1. The molecular formula is C10H9F3N4S. The maximum absolute atomic E-state index is 12.5. The number of pyridine rings is 1. The molecule has 2 aromatic heterocycles. The molecule has 0 saturated carbocycles. The fourth-order valence-corrected chi connectivity index (χ4v) is 2.27. The molecule has 96 valence electrons. The second kappa shape index (κ2) is 5.01. The summed E-state index contributed by atoms with van der Waals surface area (Å²) in [6, 6.07) is 4.53. The van der Waals surface area contributed by atoms with Gasteiger partial charge in [-0.15, -0.1) is 11.3 Å². The van der Waals surface area contributed by atoms with Crippen LogP contribution >= 0.6 is 11.3 Å². The molecule has 0 fully saturated rings. The first-order valence-corrected chi connectivity index (χ1v) is 5.74. The number of alkyl halides is 3. The van der Waals surface area contributed by atoms with Crippen molar-refractivity contribution >= 4 is 11.3 Å². The van der Waals surface area contributed by atoms with E-state index in [0.717, 1.165) is 6.20 Å². The van der Waals surface area contributed by atoms with E-state index in [-0.39, 0.29) is 0 Å². The quantitative estimate of drug-likeness (QED) is 0.664. The van der Waals surface area contributed by atoms with Gasteiger partial charge in [-0.2, -0.15) is 13.2 Å². The summed E-state index contributed by atoms with van der Waals surface area (Å²) in [6.45, 7) is 0. The Bertz CT molecular complexity index is 511. The molecule has 1 unspecified atom stereocenters. The number of nitrogens with two attached hydrogens (primary N) is 1. The molecule has 2 rings (SSSR count). The van der Waals surface area contributed by atoms with Crippen molar-refractivity contribution in [2.45, 2.75) is 12.2 Å². The van der Waals surface area contributed by atoms with Crippen LogP contribution in [0.4, 0.5) is 13.2 Å². The lowest BCUT2D eigenvalue weighted by molar-refractivity contribution is -0.137. The molecule has 3 N–H and O–H groups in total. The second-order valence-electron chi connectivity index (χ2n) is 3.42. The molecular weight excluding hydrogens is 265 g/mol. The summed E-state index contributed by atoms with van der Waals surface area (Å²) in [5.41, 5.74) is 2.98. The van der Waals surface area contributed by atoms with E-state index in [1.807, 2.05) is 0 Å². The highest BCUT2D eigenvalue weighted by molar-refractivity contribution is 7.11. The highest BCUT2D eigenvalue weighted by Gasteiger charge is 2.35. The minimum absolute atomic E-state index is 0.364. The molecule has 0 saturated heterocycles. The maximum Gasteiger partial charge on any atom is 0.443 e. The fraction of sp³-hybridized carbons (Fsp3) is 0.200. The van der Waals surface area contributed by atoms with Crippen LogP contribution < -0.4 is 11.3 Å². The molecule has 0 radical (unpaired) electrons. The Hall–Kier alpha value is -1.51. The second-order valence-corrected chi connectivity index (χ2v) is 4.48. The number of hydrazine groups is 1. The largest absolute Gasteiger partial charge is 0.443 e. The smallest absolute Gasteiger partial charge is 0.270 e. The molecule has 0 aliphatic heterocycles. The van der Waals surface area contributed by atoms with Crippen LogP contribution in [0.1, 0.15) is 21.6 Å². The van der Waals surface area contributed by atoms with Gasteiger partial charge in [-0.1, -0.05) is 6.07 Å². The molecule has 1 atom stereocenters. The summed E-state index contributed by atoms with van der Waals surface area (Å²) in [5.74, 6) is 5.36. The number of hydrogen-bond donors (Lipinski definition) is 2. The van der Waals surface area contributed by atoms with Crippen LogP contribution in [-0.4, -0.2) is 9.97 Å². The van der Waals surface area contributed by atoms with E-state index < -0.39 is 17.2 Å². The first-order valence-electron chi connectivity index (χ1n) is 4.92. The molecule has 0 aliphatic rings. The molecule has 0 aliphatic carbocycles. The molecule has 0 bridgehead atoms. The van der Waals surface area contributed by atoms with Crippen molar-refractivity contribution in [3.05, 3.63) is 46.2 Å².